The average molecular weight is 223 g/mol. The van der Waals surface area contributed by atoms with Gasteiger partial charge in [0.1, 0.15) is 5.03 Å². The summed E-state index contributed by atoms with van der Waals surface area (Å²) in [6, 6.07) is 6.04. The highest BCUT2D eigenvalue weighted by Gasteiger charge is 1.96. The van der Waals surface area contributed by atoms with Gasteiger partial charge >= 0.3 is 0 Å². The SMILES string of the molecule is C=CCCSc1cccc(SC=C)n1. The highest BCUT2D eigenvalue weighted by atomic mass is 32.2. The Bertz CT molecular complexity index is 310. The second-order valence-corrected chi connectivity index (χ2v) is 4.63. The Hall–Kier alpha value is -0.670. The van der Waals surface area contributed by atoms with Crippen molar-refractivity contribution in [1.82, 2.24) is 4.98 Å². The van der Waals surface area contributed by atoms with E-state index in [1.807, 2.05) is 24.3 Å². The number of nitrogens with zero attached hydrogens (tertiary/aromatic N) is 1. The number of thioether (sulfide) groups is 2. The Kier molecular flexibility index (Phi) is 5.49. The molecular weight excluding hydrogens is 210 g/mol. The van der Waals surface area contributed by atoms with Gasteiger partial charge in [0, 0.05) is 5.75 Å². The monoisotopic (exact) mass is 223 g/mol. The van der Waals surface area contributed by atoms with E-state index in [1.165, 1.54) is 0 Å². The maximum absolute atomic E-state index is 4.45. The molecule has 1 rings (SSSR count). The molecule has 0 atom stereocenters. The van der Waals surface area contributed by atoms with Crippen molar-refractivity contribution in [3.63, 3.8) is 0 Å². The maximum Gasteiger partial charge on any atom is 0.101 e. The van der Waals surface area contributed by atoms with E-state index < -0.39 is 0 Å². The van der Waals surface area contributed by atoms with Crippen molar-refractivity contribution >= 4 is 23.5 Å². The molecule has 0 radical (unpaired) electrons. The summed E-state index contributed by atoms with van der Waals surface area (Å²) in [5, 5.41) is 3.86. The number of hydrogen-bond donors (Lipinski definition) is 0. The van der Waals surface area contributed by atoms with Crippen LogP contribution >= 0.6 is 23.5 Å². The lowest BCUT2D eigenvalue weighted by molar-refractivity contribution is 1.01. The molecule has 1 nitrogen and oxygen atoms in total. The van der Waals surface area contributed by atoms with Crippen LogP contribution < -0.4 is 0 Å². The fraction of sp³-hybridized carbons (Fsp3) is 0.182. The van der Waals surface area contributed by atoms with Crippen molar-refractivity contribution in [2.24, 2.45) is 0 Å². The van der Waals surface area contributed by atoms with Crippen LogP contribution in [0.4, 0.5) is 0 Å². The minimum Gasteiger partial charge on any atom is -0.235 e. The first-order chi connectivity index (χ1) is 6.86. The van der Waals surface area contributed by atoms with Gasteiger partial charge in [-0.1, -0.05) is 30.5 Å². The van der Waals surface area contributed by atoms with Gasteiger partial charge in [-0.15, -0.1) is 18.3 Å². The minimum absolute atomic E-state index is 1.00. The Labute approximate surface area is 93.7 Å². The lowest BCUT2D eigenvalue weighted by atomic mass is 10.5. The number of aromatic nitrogens is 1. The molecule has 0 aliphatic rings. The van der Waals surface area contributed by atoms with Gasteiger partial charge in [-0.2, -0.15) is 0 Å². The summed E-state index contributed by atoms with van der Waals surface area (Å²) in [5.41, 5.74) is 0. The van der Waals surface area contributed by atoms with Crippen molar-refractivity contribution in [2.45, 2.75) is 16.5 Å². The smallest absolute Gasteiger partial charge is 0.101 e. The number of allylic oxidation sites excluding steroid dienone is 1. The van der Waals surface area contributed by atoms with E-state index in [0.717, 1.165) is 22.2 Å². The van der Waals surface area contributed by atoms with E-state index in [4.69, 9.17) is 0 Å². The van der Waals surface area contributed by atoms with Gasteiger partial charge in [-0.3, -0.25) is 0 Å². The van der Waals surface area contributed by atoms with Crippen molar-refractivity contribution < 1.29 is 0 Å². The van der Waals surface area contributed by atoms with E-state index in [9.17, 15) is 0 Å². The molecule has 0 N–H and O–H groups in total. The van der Waals surface area contributed by atoms with Crippen LogP contribution in [0, 0.1) is 0 Å². The molecule has 0 saturated heterocycles. The summed E-state index contributed by atoms with van der Waals surface area (Å²) in [6.07, 6.45) is 2.94. The molecule has 0 fully saturated rings. The molecule has 0 bridgehead atoms. The molecule has 1 aromatic heterocycles. The van der Waals surface area contributed by atoms with Crippen LogP contribution in [-0.4, -0.2) is 10.7 Å². The van der Waals surface area contributed by atoms with Crippen LogP contribution in [0.1, 0.15) is 6.42 Å². The Morgan fingerprint density at radius 1 is 1.29 bits per heavy atom. The topological polar surface area (TPSA) is 12.9 Å². The quantitative estimate of drug-likeness (QED) is 0.411. The van der Waals surface area contributed by atoms with Gasteiger partial charge in [0.2, 0.25) is 0 Å². The third-order valence-electron chi connectivity index (χ3n) is 1.47. The summed E-state index contributed by atoms with van der Waals surface area (Å²) in [4.78, 5) is 4.45. The molecule has 14 heavy (non-hydrogen) atoms. The predicted molar refractivity (Wildman–Crippen MR) is 65.8 cm³/mol. The van der Waals surface area contributed by atoms with Crippen molar-refractivity contribution in [3.8, 4) is 0 Å². The Morgan fingerprint density at radius 3 is 2.79 bits per heavy atom. The molecule has 0 spiro atoms. The first kappa shape index (κ1) is 11.4. The van der Waals surface area contributed by atoms with Crippen LogP contribution in [0.5, 0.6) is 0 Å². The summed E-state index contributed by atoms with van der Waals surface area (Å²) >= 11 is 3.30. The number of pyridine rings is 1. The van der Waals surface area contributed by atoms with Crippen molar-refractivity contribution in [1.29, 1.82) is 0 Å². The standard InChI is InChI=1S/C11H13NS2/c1-3-5-9-14-11-8-6-7-10(12-11)13-4-2/h3-4,6-8H,1-2,5,9H2. The van der Waals surface area contributed by atoms with Gasteiger partial charge in [0.25, 0.3) is 0 Å². The highest BCUT2D eigenvalue weighted by Crippen LogP contribution is 2.21. The minimum atomic E-state index is 1.00. The van der Waals surface area contributed by atoms with E-state index in [2.05, 4.69) is 18.1 Å². The summed E-state index contributed by atoms with van der Waals surface area (Å²) in [6.45, 7) is 7.35. The first-order valence-electron chi connectivity index (χ1n) is 4.35. The Morgan fingerprint density at radius 2 is 2.07 bits per heavy atom. The zero-order valence-electron chi connectivity index (χ0n) is 7.98. The van der Waals surface area contributed by atoms with E-state index >= 15 is 0 Å². The maximum atomic E-state index is 4.45. The zero-order chi connectivity index (χ0) is 10.2. The van der Waals surface area contributed by atoms with Crippen LogP contribution in [-0.2, 0) is 0 Å². The fourth-order valence-corrected chi connectivity index (χ4v) is 2.24. The van der Waals surface area contributed by atoms with Crippen molar-refractivity contribution in [3.05, 3.63) is 42.8 Å². The molecule has 0 aliphatic heterocycles. The predicted octanol–water partition coefficient (Wildman–Crippen LogP) is 3.99. The first-order valence-corrected chi connectivity index (χ1v) is 6.21. The summed E-state index contributed by atoms with van der Waals surface area (Å²) in [5.74, 6) is 1.04. The second-order valence-electron chi connectivity index (χ2n) is 2.52. The number of rotatable bonds is 6. The molecular formula is C11H13NS2. The lowest BCUT2D eigenvalue weighted by Gasteiger charge is -2.00. The molecule has 3 heteroatoms. The van der Waals surface area contributed by atoms with Crippen LogP contribution in [0.3, 0.4) is 0 Å². The summed E-state index contributed by atoms with van der Waals surface area (Å²) in [7, 11) is 0. The molecule has 0 saturated carbocycles. The largest absolute Gasteiger partial charge is 0.235 e. The molecule has 0 amide bonds. The lowest BCUT2D eigenvalue weighted by Crippen LogP contribution is -1.83. The third-order valence-corrected chi connectivity index (χ3v) is 3.07. The Balaban J connectivity index is 2.54. The van der Waals surface area contributed by atoms with E-state index in [0.29, 0.717) is 0 Å². The van der Waals surface area contributed by atoms with Gasteiger partial charge in [-0.05, 0) is 24.0 Å². The number of hydrogen-bond acceptors (Lipinski definition) is 3. The van der Waals surface area contributed by atoms with Gasteiger partial charge in [0.05, 0.1) is 5.03 Å². The molecule has 1 aromatic rings. The summed E-state index contributed by atoms with van der Waals surface area (Å²) < 4.78 is 0. The van der Waals surface area contributed by atoms with Crippen LogP contribution in [0.25, 0.3) is 0 Å². The van der Waals surface area contributed by atoms with Crippen LogP contribution in [0.15, 0.2) is 52.9 Å². The van der Waals surface area contributed by atoms with Gasteiger partial charge in [-0.25, -0.2) is 4.98 Å². The van der Waals surface area contributed by atoms with Gasteiger partial charge < -0.3 is 0 Å². The molecule has 1 heterocycles. The average Bonchev–Trinajstić information content (AvgIpc) is 2.19. The second kappa shape index (κ2) is 6.74. The molecule has 74 valence electrons. The molecule has 0 aliphatic carbocycles. The molecule has 0 aromatic carbocycles. The zero-order valence-corrected chi connectivity index (χ0v) is 9.61. The third kappa shape index (κ3) is 4.03. The van der Waals surface area contributed by atoms with Crippen LogP contribution in [0.2, 0.25) is 0 Å². The van der Waals surface area contributed by atoms with E-state index in [-0.39, 0.29) is 0 Å². The normalized spacial score (nSPS) is 9.71. The van der Waals surface area contributed by atoms with Gasteiger partial charge in [0.15, 0.2) is 0 Å². The molecule has 0 unspecified atom stereocenters. The fourth-order valence-electron chi connectivity index (χ4n) is 0.874. The van der Waals surface area contributed by atoms with E-state index in [1.54, 1.807) is 28.9 Å². The highest BCUT2D eigenvalue weighted by molar-refractivity contribution is 8.02. The van der Waals surface area contributed by atoms with Crippen molar-refractivity contribution in [2.75, 3.05) is 5.75 Å².